The van der Waals surface area contributed by atoms with Crippen molar-refractivity contribution in [2.24, 2.45) is 23.7 Å². The average molecular weight is 1070 g/mol. The molecule has 1 amide bonds. The molecule has 2 heterocycles. The molecule has 5 aromatic rings. The van der Waals surface area contributed by atoms with Gasteiger partial charge in [-0.15, -0.1) is 11.3 Å². The number of thiophene rings is 1. The van der Waals surface area contributed by atoms with Crippen molar-refractivity contribution in [2.75, 3.05) is 26.2 Å². The number of Topliss-reactive ketones (excluding diaryl/α,β-unsaturated/α-hetero) is 2. The smallest absolute Gasteiger partial charge is 0.314 e. The van der Waals surface area contributed by atoms with Crippen molar-refractivity contribution >= 4 is 93.8 Å². The summed E-state index contributed by atoms with van der Waals surface area (Å²) in [7, 11) is 4.65. The number of methoxy groups -OCH3 is 2. The van der Waals surface area contributed by atoms with Crippen molar-refractivity contribution in [1.82, 2.24) is 0 Å². The van der Waals surface area contributed by atoms with Crippen LogP contribution in [0.4, 0.5) is 5.69 Å². The Morgan fingerprint density at radius 3 is 1.51 bits per heavy atom. The molecule has 15 nitrogen and oxygen atoms in total. The van der Waals surface area contributed by atoms with Crippen molar-refractivity contribution < 1.29 is 66.8 Å². The van der Waals surface area contributed by atoms with E-state index in [-0.39, 0.29) is 34.6 Å². The van der Waals surface area contributed by atoms with E-state index in [1.165, 1.54) is 73.9 Å². The summed E-state index contributed by atoms with van der Waals surface area (Å²) in [5.74, 6) is -2.41. The molecular formula is C57H53NO14S3. The number of allylic oxidation sites excluding steroid dienone is 2. The first-order valence-corrected chi connectivity index (χ1v) is 26.7. The maximum absolute atomic E-state index is 13.5. The molecule has 0 radical (unpaired) electrons. The molecule has 0 saturated heterocycles. The first kappa shape index (κ1) is 54.0. The van der Waals surface area contributed by atoms with Gasteiger partial charge in [-0.2, -0.15) is 0 Å². The predicted molar refractivity (Wildman–Crippen MR) is 283 cm³/mol. The van der Waals surface area contributed by atoms with Gasteiger partial charge in [-0.3, -0.25) is 38.4 Å². The van der Waals surface area contributed by atoms with Crippen LogP contribution in [0, 0.1) is 23.7 Å². The summed E-state index contributed by atoms with van der Waals surface area (Å²) >= 11 is 3.76. The summed E-state index contributed by atoms with van der Waals surface area (Å²) in [6.45, 7) is 2.68. The molecule has 0 atom stereocenters. The van der Waals surface area contributed by atoms with Crippen LogP contribution >= 0.6 is 34.9 Å². The Balaban J connectivity index is 0.770. The molecular weight excluding hydrogens is 1020 g/mol. The molecule has 2 fully saturated rings. The normalized spacial score (nSPS) is 18.0. The maximum atomic E-state index is 13.5. The molecule has 0 spiro atoms. The van der Waals surface area contributed by atoms with Gasteiger partial charge < -0.3 is 33.3 Å². The van der Waals surface area contributed by atoms with Crippen molar-refractivity contribution in [3.05, 3.63) is 128 Å². The van der Waals surface area contributed by atoms with Gasteiger partial charge in [-0.1, -0.05) is 29.6 Å². The van der Waals surface area contributed by atoms with Crippen LogP contribution < -0.4 is 33.3 Å². The van der Waals surface area contributed by atoms with E-state index in [9.17, 15) is 38.4 Å². The van der Waals surface area contributed by atoms with E-state index in [1.54, 1.807) is 104 Å². The minimum atomic E-state index is -0.449. The van der Waals surface area contributed by atoms with Crippen LogP contribution in [0.5, 0.6) is 34.5 Å². The van der Waals surface area contributed by atoms with E-state index in [0.29, 0.717) is 116 Å². The van der Waals surface area contributed by atoms with Gasteiger partial charge in [0.2, 0.25) is 0 Å². The van der Waals surface area contributed by atoms with Crippen LogP contribution in [-0.4, -0.2) is 68.4 Å². The maximum Gasteiger partial charge on any atom is 0.314 e. The Morgan fingerprint density at radius 2 is 1.01 bits per heavy atom. The number of ketones is 3. The van der Waals surface area contributed by atoms with Crippen molar-refractivity contribution in [2.45, 2.75) is 75.0 Å². The molecule has 1 aromatic heterocycles. The number of thioether (sulfide) groups is 2. The molecule has 18 heteroatoms. The van der Waals surface area contributed by atoms with E-state index < -0.39 is 47.5 Å². The second-order valence-corrected chi connectivity index (χ2v) is 21.4. The van der Waals surface area contributed by atoms with Crippen molar-refractivity contribution in [1.29, 1.82) is 0 Å². The second-order valence-electron chi connectivity index (χ2n) is 18.1. The van der Waals surface area contributed by atoms with Crippen LogP contribution in [0.1, 0.15) is 90.8 Å². The first-order valence-electron chi connectivity index (χ1n) is 24.2. The number of carbonyl (C=O) groups is 8. The highest BCUT2D eigenvalue weighted by Gasteiger charge is 2.36. The Bertz CT molecular complexity index is 3060. The van der Waals surface area contributed by atoms with E-state index in [4.69, 9.17) is 28.4 Å². The fraction of sp³-hybridized carbons (Fsp3) is 0.298. The highest BCUT2D eigenvalue weighted by molar-refractivity contribution is 8.25. The van der Waals surface area contributed by atoms with Gasteiger partial charge in [0, 0.05) is 23.9 Å². The lowest BCUT2D eigenvalue weighted by molar-refractivity contribution is -0.145. The summed E-state index contributed by atoms with van der Waals surface area (Å²) in [4.78, 5) is 107. The zero-order chi connectivity index (χ0) is 53.3. The van der Waals surface area contributed by atoms with Gasteiger partial charge in [-0.05, 0) is 168 Å². The quantitative estimate of drug-likeness (QED) is 0.0213. The third-order valence-electron chi connectivity index (χ3n) is 13.2. The third kappa shape index (κ3) is 13.0. The van der Waals surface area contributed by atoms with Crippen LogP contribution in [0.25, 0.3) is 6.08 Å². The number of anilines is 1. The minimum Gasteiger partial charge on any atom is -0.497 e. The molecule has 0 unspecified atom stereocenters. The number of esters is 4. The lowest BCUT2D eigenvalue weighted by Gasteiger charge is -2.26. The van der Waals surface area contributed by atoms with Gasteiger partial charge in [0.1, 0.15) is 34.5 Å². The van der Waals surface area contributed by atoms with E-state index in [1.807, 2.05) is 5.38 Å². The van der Waals surface area contributed by atoms with Gasteiger partial charge in [0.05, 0.1) is 62.4 Å². The number of hydrogen-bond acceptors (Lipinski definition) is 17. The van der Waals surface area contributed by atoms with E-state index >= 15 is 0 Å². The Kier molecular flexibility index (Phi) is 17.6. The van der Waals surface area contributed by atoms with Crippen LogP contribution in [0.2, 0.25) is 0 Å². The number of benzene rings is 4. The summed E-state index contributed by atoms with van der Waals surface area (Å²) in [5.41, 5.74) is 1.49. The first-order chi connectivity index (χ1) is 36.1. The van der Waals surface area contributed by atoms with E-state index in [0.717, 1.165) is 0 Å². The number of fused-ring (bicyclic) bond motifs is 1. The van der Waals surface area contributed by atoms with Gasteiger partial charge in [0.15, 0.2) is 17.3 Å². The molecule has 4 aromatic carbocycles. The highest BCUT2D eigenvalue weighted by atomic mass is 32.2. The van der Waals surface area contributed by atoms with Crippen molar-refractivity contribution in [3.8, 4) is 34.5 Å². The molecule has 0 N–H and O–H groups in total. The Hall–Kier alpha value is -7.28. The topological polar surface area (TPSA) is 195 Å². The zero-order valence-electron chi connectivity index (χ0n) is 41.7. The lowest BCUT2D eigenvalue weighted by atomic mass is 9.82. The average Bonchev–Trinajstić information content (AvgIpc) is 4.13. The fourth-order valence-electron chi connectivity index (χ4n) is 8.97. The third-order valence-corrected chi connectivity index (χ3v) is 16.7. The minimum absolute atomic E-state index is 0.0846. The molecule has 2 saturated carbocycles. The number of carbonyl (C=O) groups excluding carboxylic acids is 8. The molecule has 75 heavy (non-hydrogen) atoms. The van der Waals surface area contributed by atoms with Gasteiger partial charge >= 0.3 is 23.9 Å². The molecule has 3 aliphatic rings. The molecule has 8 rings (SSSR count). The summed E-state index contributed by atoms with van der Waals surface area (Å²) < 4.78 is 34.5. The Morgan fingerprint density at radius 1 is 0.547 bits per heavy atom. The van der Waals surface area contributed by atoms with Crippen LogP contribution in [0.3, 0.4) is 0 Å². The molecule has 1 aliphatic heterocycles. The number of hydrogen-bond donors (Lipinski definition) is 0. The predicted octanol–water partition coefficient (Wildman–Crippen LogP) is 11.2. The fourth-order valence-corrected chi connectivity index (χ4v) is 12.5. The monoisotopic (exact) mass is 1070 g/mol. The standard InChI is InChI=1S/C57H53NO14S3/c1-32(59)49(33(2)60)57-74-50-46(68-5)28-29-47(51(50)75-57)72-56(66)38-14-10-36(11-15-38)54(64)70-42-23-19-40(20-24-42)58(3)52(62)34-16-21-41(22-17-34)69-53(63)35-8-12-37(13-9-35)55(65)71-45-27-25-43(67-4)31-39(45)18-26-44(61)48-7-6-30-73-48/h6-7,16-31,35-38H,8-15H2,1-5H3/b26-18+. The molecule has 0 bridgehead atoms. The van der Waals surface area contributed by atoms with E-state index in [2.05, 4.69) is 0 Å². The largest absolute Gasteiger partial charge is 0.497 e. The van der Waals surface area contributed by atoms with Gasteiger partial charge in [-0.25, -0.2) is 0 Å². The Labute approximate surface area is 445 Å². The SMILES string of the molecule is COc1ccc(OC(=O)C2CCC(C(=O)Oc3ccc(C(=O)N(C)c4ccc(OC(=O)C5CCC(C(=O)Oc6ccc(OC)c7c6SC(=C(C(C)=O)C(C)=O)S7)CC5)cc4)cc3)CC2)c(/C=C/C(=O)c2cccs2)c1. The molecule has 2 aliphatic carbocycles. The summed E-state index contributed by atoms with van der Waals surface area (Å²) in [5, 5.41) is 1.82. The second kappa shape index (κ2) is 24.4. The number of ether oxygens (including phenoxy) is 6. The van der Waals surface area contributed by atoms with Crippen LogP contribution in [-0.2, 0) is 28.8 Å². The van der Waals surface area contributed by atoms with Gasteiger partial charge in [0.25, 0.3) is 5.91 Å². The highest BCUT2D eigenvalue weighted by Crippen LogP contribution is 2.59. The summed E-state index contributed by atoms with van der Waals surface area (Å²) in [6, 6.07) is 24.6. The number of amides is 1. The van der Waals surface area contributed by atoms with Crippen LogP contribution in [0.15, 0.2) is 122 Å². The summed E-state index contributed by atoms with van der Waals surface area (Å²) in [6.07, 6.45) is 6.38. The zero-order valence-corrected chi connectivity index (χ0v) is 44.2. The molecule has 388 valence electrons. The number of nitrogens with zero attached hydrogens (tertiary/aromatic N) is 1. The number of rotatable bonds is 17. The lowest BCUT2D eigenvalue weighted by Crippen LogP contribution is -2.30. The van der Waals surface area contributed by atoms with Crippen molar-refractivity contribution in [3.63, 3.8) is 0 Å².